The van der Waals surface area contributed by atoms with Crippen molar-refractivity contribution in [3.8, 4) is 5.75 Å². The molecule has 0 fully saturated rings. The number of aromatic nitrogens is 1. The van der Waals surface area contributed by atoms with E-state index in [0.717, 1.165) is 11.6 Å². The Morgan fingerprint density at radius 2 is 1.75 bits per heavy atom. The van der Waals surface area contributed by atoms with Gasteiger partial charge in [0.05, 0.1) is 5.75 Å². The molecule has 20 heavy (non-hydrogen) atoms. The van der Waals surface area contributed by atoms with Gasteiger partial charge in [-0.3, -0.25) is 4.98 Å². The van der Waals surface area contributed by atoms with Crippen LogP contribution in [0.4, 0.5) is 12.9 Å². The van der Waals surface area contributed by atoms with Gasteiger partial charge in [-0.2, -0.15) is 0 Å². The summed E-state index contributed by atoms with van der Waals surface area (Å²) >= 11 is 0. The van der Waals surface area contributed by atoms with Gasteiger partial charge in [0, 0.05) is 12.4 Å². The van der Waals surface area contributed by atoms with Gasteiger partial charge >= 0.3 is 58.4 Å². The molecule has 0 bridgehead atoms. The summed E-state index contributed by atoms with van der Waals surface area (Å²) in [5, 5.41) is 0. The van der Waals surface area contributed by atoms with E-state index in [4.69, 9.17) is 4.74 Å². The van der Waals surface area contributed by atoms with Gasteiger partial charge < -0.3 is 17.7 Å². The maximum Gasteiger partial charge on any atom is 1.00 e. The minimum atomic E-state index is -5.08. The molecule has 0 atom stereocenters. The molecule has 0 unspecified atom stereocenters. The Balaban J connectivity index is 0.00000200. The predicted octanol–water partition coefficient (Wildman–Crippen LogP) is 0.0274. The van der Waals surface area contributed by atoms with Crippen molar-refractivity contribution in [2.75, 3.05) is 0 Å². The quantitative estimate of drug-likeness (QED) is 0.744. The largest absolute Gasteiger partial charge is 1.00 e. The Hall–Kier alpha value is -0.339. The van der Waals surface area contributed by atoms with E-state index in [2.05, 4.69) is 4.98 Å². The van der Waals surface area contributed by atoms with Gasteiger partial charge in [-0.25, -0.2) is 0 Å². The Bertz CT molecular complexity index is 563. The van der Waals surface area contributed by atoms with Crippen LogP contribution in [0.25, 0.3) is 0 Å². The summed E-state index contributed by atoms with van der Waals surface area (Å²) in [6.45, 7) is -3.37. The van der Waals surface area contributed by atoms with Crippen LogP contribution in [-0.4, -0.2) is 12.0 Å². The number of pyridine rings is 1. The number of benzene rings is 1. The molecular weight excluding hydrogens is 293 g/mol. The third-order valence-electron chi connectivity index (χ3n) is 2.66. The molecular formula is C13H12BF3KNO. The Morgan fingerprint density at radius 3 is 2.35 bits per heavy atom. The van der Waals surface area contributed by atoms with Crippen molar-refractivity contribution in [3.05, 3.63) is 53.9 Å². The first-order valence-corrected chi connectivity index (χ1v) is 5.79. The molecule has 1 aromatic heterocycles. The van der Waals surface area contributed by atoms with Gasteiger partial charge in [-0.05, 0) is 30.7 Å². The molecule has 100 valence electrons. The molecule has 0 aliphatic carbocycles. The summed E-state index contributed by atoms with van der Waals surface area (Å²) in [6.07, 6.45) is 3.14. The Kier molecular flexibility index (Phi) is 6.74. The topological polar surface area (TPSA) is 22.1 Å². The summed E-state index contributed by atoms with van der Waals surface area (Å²) in [6, 6.07) is 7.48. The Labute approximate surface area is 158 Å². The number of hydrogen-bond acceptors (Lipinski definition) is 2. The number of rotatable bonds is 4. The molecule has 2 nitrogen and oxygen atoms in total. The predicted molar refractivity (Wildman–Crippen MR) is 68.5 cm³/mol. The monoisotopic (exact) mass is 305 g/mol. The molecule has 7 heteroatoms. The van der Waals surface area contributed by atoms with E-state index in [1.807, 2.05) is 0 Å². The molecule has 2 rings (SSSR count). The van der Waals surface area contributed by atoms with Crippen LogP contribution in [-0.2, 0) is 6.61 Å². The summed E-state index contributed by atoms with van der Waals surface area (Å²) < 4.78 is 44.1. The molecule has 0 saturated carbocycles. The molecule has 2 aromatic rings. The van der Waals surface area contributed by atoms with Crippen LogP contribution in [0.2, 0.25) is 0 Å². The maximum atomic E-state index is 12.9. The van der Waals surface area contributed by atoms with Gasteiger partial charge in [0.15, 0.2) is 0 Å². The van der Waals surface area contributed by atoms with Crippen molar-refractivity contribution < 1.29 is 69.1 Å². The minimum Gasteiger partial charge on any atom is -0.492 e. The standard InChI is InChI=1S/C13H12BF3NO.K/c1-10-2-3-13(12(8-10)14(15,16)17)19-9-11-4-6-18-7-5-11;/h2-8H,9H2,1H3;/q-1;+1. The van der Waals surface area contributed by atoms with E-state index >= 15 is 0 Å². The fourth-order valence-corrected chi connectivity index (χ4v) is 1.70. The second-order valence-electron chi connectivity index (χ2n) is 4.26. The molecule has 1 aromatic carbocycles. The summed E-state index contributed by atoms with van der Waals surface area (Å²) in [5.41, 5.74) is 0.649. The van der Waals surface area contributed by atoms with Crippen LogP contribution in [0.1, 0.15) is 11.1 Å². The van der Waals surface area contributed by atoms with Crippen LogP contribution < -0.4 is 61.6 Å². The van der Waals surface area contributed by atoms with E-state index in [-0.39, 0.29) is 63.7 Å². The summed E-state index contributed by atoms with van der Waals surface area (Å²) in [7, 11) is 0. The summed E-state index contributed by atoms with van der Waals surface area (Å²) in [5.74, 6) is -0.130. The molecule has 0 N–H and O–H groups in total. The molecule has 0 spiro atoms. The average Bonchev–Trinajstić information content (AvgIpc) is 2.37. The van der Waals surface area contributed by atoms with E-state index in [1.54, 1.807) is 37.5 Å². The smallest absolute Gasteiger partial charge is 0.492 e. The van der Waals surface area contributed by atoms with E-state index < -0.39 is 12.4 Å². The van der Waals surface area contributed by atoms with Gasteiger partial charge in [0.2, 0.25) is 0 Å². The zero-order chi connectivity index (χ0) is 13.9. The molecule has 0 aliphatic rings. The SMILES string of the molecule is Cc1ccc(OCc2ccncc2)c([B-](F)(F)F)c1.[K+]. The van der Waals surface area contributed by atoms with E-state index in [1.165, 1.54) is 6.07 Å². The second kappa shape index (κ2) is 7.61. The number of ether oxygens (including phenoxy) is 1. The first kappa shape index (κ1) is 17.7. The number of nitrogens with zero attached hydrogens (tertiary/aromatic N) is 1. The van der Waals surface area contributed by atoms with Crippen LogP contribution >= 0.6 is 0 Å². The summed E-state index contributed by atoms with van der Waals surface area (Å²) in [4.78, 5) is 3.84. The number of halogens is 3. The van der Waals surface area contributed by atoms with Crippen molar-refractivity contribution in [1.29, 1.82) is 0 Å². The van der Waals surface area contributed by atoms with Crippen molar-refractivity contribution in [2.45, 2.75) is 13.5 Å². The van der Waals surface area contributed by atoms with Gasteiger partial charge in [0.1, 0.15) is 6.61 Å². The van der Waals surface area contributed by atoms with Crippen molar-refractivity contribution in [2.24, 2.45) is 0 Å². The fraction of sp³-hybridized carbons (Fsp3) is 0.154. The number of hydrogen-bond donors (Lipinski definition) is 0. The fourth-order valence-electron chi connectivity index (χ4n) is 1.70. The number of aryl methyl sites for hydroxylation is 1. The molecule has 0 radical (unpaired) electrons. The average molecular weight is 305 g/mol. The van der Waals surface area contributed by atoms with Crippen LogP contribution in [0.5, 0.6) is 5.75 Å². The molecule has 0 saturated heterocycles. The molecule has 0 amide bonds. The maximum absolute atomic E-state index is 12.9. The first-order chi connectivity index (χ1) is 8.97. The minimum absolute atomic E-state index is 0. The van der Waals surface area contributed by atoms with Crippen molar-refractivity contribution >= 4 is 12.4 Å². The third-order valence-corrected chi connectivity index (χ3v) is 2.66. The van der Waals surface area contributed by atoms with Gasteiger partial charge in [-0.1, -0.05) is 23.2 Å². The van der Waals surface area contributed by atoms with Crippen molar-refractivity contribution in [1.82, 2.24) is 4.98 Å². The van der Waals surface area contributed by atoms with E-state index in [9.17, 15) is 12.9 Å². The Morgan fingerprint density at radius 1 is 1.10 bits per heavy atom. The van der Waals surface area contributed by atoms with Crippen molar-refractivity contribution in [3.63, 3.8) is 0 Å². The zero-order valence-electron chi connectivity index (χ0n) is 11.3. The zero-order valence-corrected chi connectivity index (χ0v) is 14.4. The van der Waals surface area contributed by atoms with Crippen LogP contribution in [0.15, 0.2) is 42.7 Å². The first-order valence-electron chi connectivity index (χ1n) is 5.79. The molecule has 0 aliphatic heterocycles. The molecule has 1 heterocycles. The second-order valence-corrected chi connectivity index (χ2v) is 4.26. The van der Waals surface area contributed by atoms with Gasteiger partial charge in [0.25, 0.3) is 0 Å². The third kappa shape index (κ3) is 4.89. The van der Waals surface area contributed by atoms with Gasteiger partial charge in [-0.15, -0.1) is 0 Å². The van der Waals surface area contributed by atoms with Crippen LogP contribution in [0.3, 0.4) is 0 Å². The van der Waals surface area contributed by atoms with E-state index in [0.29, 0.717) is 5.56 Å². The normalized spacial score (nSPS) is 10.8. The van der Waals surface area contributed by atoms with Crippen LogP contribution in [0, 0.1) is 6.92 Å².